The van der Waals surface area contributed by atoms with Gasteiger partial charge in [-0.15, -0.1) is 0 Å². The number of hydrogen-bond donors (Lipinski definition) is 3. The molecule has 0 aliphatic carbocycles. The molecule has 0 aromatic heterocycles. The topological polar surface area (TPSA) is 125 Å². The number of benzene rings is 1. The summed E-state index contributed by atoms with van der Waals surface area (Å²) in [6.07, 6.45) is 1.82. The molecule has 1 aliphatic rings. The molecule has 0 bridgehead atoms. The lowest BCUT2D eigenvalue weighted by molar-refractivity contribution is -0.145. The van der Waals surface area contributed by atoms with Crippen LogP contribution in [0, 0.1) is 16.7 Å². The van der Waals surface area contributed by atoms with Gasteiger partial charge in [0.1, 0.15) is 18.1 Å². The summed E-state index contributed by atoms with van der Waals surface area (Å²) in [5, 5.41) is 8.51. The highest BCUT2D eigenvalue weighted by Crippen LogP contribution is 2.26. The molecule has 1 aliphatic heterocycles. The van der Waals surface area contributed by atoms with E-state index in [0.717, 1.165) is 5.56 Å². The molecular formula is C32H50N4O5. The molecule has 0 spiro atoms. The van der Waals surface area contributed by atoms with Gasteiger partial charge in [-0.1, -0.05) is 85.7 Å². The third kappa shape index (κ3) is 9.97. The number of amides is 4. The van der Waals surface area contributed by atoms with E-state index in [9.17, 15) is 24.0 Å². The zero-order valence-electron chi connectivity index (χ0n) is 26.3. The SMILES string of the molecule is CC(C)C[C@H](NC(=O)[C@@H]1CCCN1C(=O)C(C)(C)C)C(=O)N[C@@H](Cc1ccccc1)C(=O)N[C@@H](C)C(=O)C(C)(C)C. The number of hydrogen-bond acceptors (Lipinski definition) is 5. The molecule has 1 heterocycles. The predicted molar refractivity (Wildman–Crippen MR) is 160 cm³/mol. The zero-order chi connectivity index (χ0) is 31.1. The number of carbonyl (C=O) groups excluding carboxylic acids is 5. The monoisotopic (exact) mass is 570 g/mol. The molecule has 1 fully saturated rings. The van der Waals surface area contributed by atoms with Gasteiger partial charge in [0.15, 0.2) is 5.78 Å². The van der Waals surface area contributed by atoms with Crippen LogP contribution in [0.25, 0.3) is 0 Å². The summed E-state index contributed by atoms with van der Waals surface area (Å²) < 4.78 is 0. The fourth-order valence-electron chi connectivity index (χ4n) is 5.04. The Morgan fingerprint density at radius 3 is 1.95 bits per heavy atom. The first kappa shape index (κ1) is 34.0. The van der Waals surface area contributed by atoms with Gasteiger partial charge in [0.05, 0.1) is 6.04 Å². The Kier molecular flexibility index (Phi) is 11.7. The molecule has 9 heteroatoms. The number of Topliss-reactive ketones (excluding diaryl/α,β-unsaturated/α-hetero) is 1. The van der Waals surface area contributed by atoms with E-state index in [1.54, 1.807) is 32.6 Å². The molecule has 1 aromatic carbocycles. The van der Waals surface area contributed by atoms with Crippen molar-refractivity contribution in [2.45, 2.75) is 112 Å². The predicted octanol–water partition coefficient (Wildman–Crippen LogP) is 3.40. The number of ketones is 1. The summed E-state index contributed by atoms with van der Waals surface area (Å²) in [5.41, 5.74) is -0.421. The van der Waals surface area contributed by atoms with Crippen LogP contribution in [0.2, 0.25) is 0 Å². The maximum atomic E-state index is 13.6. The molecule has 4 atom stereocenters. The van der Waals surface area contributed by atoms with Crippen LogP contribution in [0.5, 0.6) is 0 Å². The lowest BCUT2D eigenvalue weighted by atomic mass is 9.87. The van der Waals surface area contributed by atoms with Crippen LogP contribution in [0.15, 0.2) is 30.3 Å². The van der Waals surface area contributed by atoms with Crippen molar-refractivity contribution < 1.29 is 24.0 Å². The second-order valence-electron chi connectivity index (χ2n) is 13.7. The first-order valence-corrected chi connectivity index (χ1v) is 14.7. The third-order valence-corrected chi connectivity index (χ3v) is 7.20. The minimum Gasteiger partial charge on any atom is -0.345 e. The average molecular weight is 571 g/mol. The first-order valence-electron chi connectivity index (χ1n) is 14.7. The van der Waals surface area contributed by atoms with Crippen LogP contribution in [-0.4, -0.2) is 65.0 Å². The maximum absolute atomic E-state index is 13.6. The average Bonchev–Trinajstić information content (AvgIpc) is 3.36. The summed E-state index contributed by atoms with van der Waals surface area (Å²) in [6, 6.07) is 6.07. The highest BCUT2D eigenvalue weighted by Gasteiger charge is 2.40. The van der Waals surface area contributed by atoms with E-state index in [2.05, 4.69) is 16.0 Å². The van der Waals surface area contributed by atoms with Crippen LogP contribution in [-0.2, 0) is 30.4 Å². The normalized spacial score (nSPS) is 17.9. The molecule has 2 rings (SSSR count). The standard InChI is InChI=1S/C32H50N4O5/c1-20(2)18-23(35-29(40)25-16-13-17-36(25)30(41)32(7,8)9)28(39)34-24(19-22-14-11-10-12-15-22)27(38)33-21(3)26(37)31(4,5)6/h10-12,14-15,20-21,23-25H,13,16-19H2,1-9H3,(H,33,38)(H,34,39)(H,35,40)/t21-,23-,24-,25-/m0/s1. The highest BCUT2D eigenvalue weighted by molar-refractivity contribution is 5.97. The van der Waals surface area contributed by atoms with E-state index < -0.39 is 46.8 Å². The molecule has 0 saturated carbocycles. The van der Waals surface area contributed by atoms with Crippen LogP contribution < -0.4 is 16.0 Å². The number of rotatable bonds is 11. The van der Waals surface area contributed by atoms with Crippen molar-refractivity contribution in [3.63, 3.8) is 0 Å². The van der Waals surface area contributed by atoms with Crippen LogP contribution in [0.1, 0.15) is 87.1 Å². The molecule has 4 amide bonds. The van der Waals surface area contributed by atoms with Gasteiger partial charge in [-0.05, 0) is 37.7 Å². The second-order valence-corrected chi connectivity index (χ2v) is 13.7. The summed E-state index contributed by atoms with van der Waals surface area (Å²) >= 11 is 0. The molecular weight excluding hydrogens is 520 g/mol. The minimum atomic E-state index is -0.961. The van der Waals surface area contributed by atoms with Crippen molar-refractivity contribution in [2.75, 3.05) is 6.54 Å². The van der Waals surface area contributed by atoms with Gasteiger partial charge < -0.3 is 20.9 Å². The summed E-state index contributed by atoms with van der Waals surface area (Å²) in [6.45, 7) is 16.9. The Hall–Kier alpha value is -3.23. The van der Waals surface area contributed by atoms with Crippen LogP contribution in [0.4, 0.5) is 0 Å². The van der Waals surface area contributed by atoms with Gasteiger partial charge >= 0.3 is 0 Å². The third-order valence-electron chi connectivity index (χ3n) is 7.20. The Morgan fingerprint density at radius 2 is 1.41 bits per heavy atom. The molecule has 1 saturated heterocycles. The summed E-state index contributed by atoms with van der Waals surface area (Å²) in [4.78, 5) is 67.8. The van der Waals surface area contributed by atoms with Crippen molar-refractivity contribution in [3.05, 3.63) is 35.9 Å². The van der Waals surface area contributed by atoms with E-state index >= 15 is 0 Å². The lowest BCUT2D eigenvalue weighted by Crippen LogP contribution is -2.58. The van der Waals surface area contributed by atoms with Gasteiger partial charge in [0.2, 0.25) is 23.6 Å². The Morgan fingerprint density at radius 1 is 0.829 bits per heavy atom. The molecule has 1 aromatic rings. The first-order chi connectivity index (χ1) is 18.9. The molecule has 0 radical (unpaired) electrons. The second kappa shape index (κ2) is 14.1. The van der Waals surface area contributed by atoms with Gasteiger partial charge in [0.25, 0.3) is 0 Å². The fraction of sp³-hybridized carbons (Fsp3) is 0.656. The van der Waals surface area contributed by atoms with Crippen molar-refractivity contribution in [1.29, 1.82) is 0 Å². The number of nitrogens with one attached hydrogen (secondary N) is 3. The Balaban J connectivity index is 2.25. The molecule has 41 heavy (non-hydrogen) atoms. The summed E-state index contributed by atoms with van der Waals surface area (Å²) in [5.74, 6) is -1.46. The molecule has 0 unspecified atom stereocenters. The van der Waals surface area contributed by atoms with Crippen molar-refractivity contribution in [3.8, 4) is 0 Å². The smallest absolute Gasteiger partial charge is 0.243 e. The van der Waals surface area contributed by atoms with Gasteiger partial charge in [-0.25, -0.2) is 0 Å². The lowest BCUT2D eigenvalue weighted by Gasteiger charge is -2.31. The van der Waals surface area contributed by atoms with E-state index in [0.29, 0.717) is 25.8 Å². The quantitative estimate of drug-likeness (QED) is 0.376. The van der Waals surface area contributed by atoms with Gasteiger partial charge in [-0.2, -0.15) is 0 Å². The largest absolute Gasteiger partial charge is 0.345 e. The summed E-state index contributed by atoms with van der Waals surface area (Å²) in [7, 11) is 0. The van der Waals surface area contributed by atoms with Gasteiger partial charge in [0, 0.05) is 23.8 Å². The zero-order valence-corrected chi connectivity index (χ0v) is 26.3. The van der Waals surface area contributed by atoms with Gasteiger partial charge in [-0.3, -0.25) is 24.0 Å². The van der Waals surface area contributed by atoms with E-state index in [1.165, 1.54) is 0 Å². The van der Waals surface area contributed by atoms with E-state index in [4.69, 9.17) is 0 Å². The van der Waals surface area contributed by atoms with E-state index in [1.807, 2.05) is 65.0 Å². The Bertz CT molecular complexity index is 1090. The van der Waals surface area contributed by atoms with Crippen molar-refractivity contribution in [1.82, 2.24) is 20.9 Å². The Labute approximate surface area is 245 Å². The highest BCUT2D eigenvalue weighted by atomic mass is 16.2. The van der Waals surface area contributed by atoms with E-state index in [-0.39, 0.29) is 29.9 Å². The van der Waals surface area contributed by atoms with Crippen LogP contribution in [0.3, 0.4) is 0 Å². The fourth-order valence-corrected chi connectivity index (χ4v) is 5.04. The van der Waals surface area contributed by atoms with Crippen molar-refractivity contribution >= 4 is 29.4 Å². The van der Waals surface area contributed by atoms with Crippen LogP contribution >= 0.6 is 0 Å². The number of likely N-dealkylation sites (tertiary alicyclic amines) is 1. The molecule has 9 nitrogen and oxygen atoms in total. The number of nitrogens with zero attached hydrogens (tertiary/aromatic N) is 1. The number of carbonyl (C=O) groups is 5. The minimum absolute atomic E-state index is 0.0766. The molecule has 228 valence electrons. The van der Waals surface area contributed by atoms with Crippen molar-refractivity contribution in [2.24, 2.45) is 16.7 Å². The molecule has 3 N–H and O–H groups in total. The maximum Gasteiger partial charge on any atom is 0.243 e.